The second kappa shape index (κ2) is 8.50. The molecule has 1 aliphatic rings. The molecule has 1 fully saturated rings. The van der Waals surface area contributed by atoms with E-state index in [2.05, 4.69) is 25.2 Å². The summed E-state index contributed by atoms with van der Waals surface area (Å²) in [5.74, 6) is 0.459. The Morgan fingerprint density at radius 1 is 1.00 bits per heavy atom. The third-order valence-corrected chi connectivity index (χ3v) is 6.10. The van der Waals surface area contributed by atoms with Crippen LogP contribution in [0.4, 0.5) is 11.5 Å². The lowest BCUT2D eigenvalue weighted by Gasteiger charge is -2.35. The van der Waals surface area contributed by atoms with Crippen LogP contribution in [0.1, 0.15) is 21.5 Å². The van der Waals surface area contributed by atoms with Crippen molar-refractivity contribution in [3.8, 4) is 5.69 Å². The number of carbonyl (C=O) groups excluding carboxylic acids is 1. The quantitative estimate of drug-likeness (QED) is 0.338. The van der Waals surface area contributed by atoms with Crippen LogP contribution in [-0.4, -0.2) is 66.9 Å². The molecule has 5 rings (SSSR count). The number of amides is 1. The van der Waals surface area contributed by atoms with Gasteiger partial charge in [-0.3, -0.25) is 14.9 Å². The van der Waals surface area contributed by atoms with Gasteiger partial charge in [0.15, 0.2) is 17.0 Å². The van der Waals surface area contributed by atoms with Gasteiger partial charge in [0, 0.05) is 43.4 Å². The van der Waals surface area contributed by atoms with Crippen LogP contribution in [-0.2, 0) is 0 Å². The number of nitrogens with zero attached hydrogens (tertiary/aromatic N) is 8. The fraction of sp³-hybridized carbons (Fsp3) is 0.261. The average molecular weight is 458 g/mol. The maximum atomic E-state index is 13.1. The van der Waals surface area contributed by atoms with Crippen LogP contribution in [0.2, 0.25) is 0 Å². The number of benzene rings is 2. The monoisotopic (exact) mass is 458 g/mol. The molecule has 1 amide bonds. The van der Waals surface area contributed by atoms with Crippen molar-refractivity contribution < 1.29 is 9.72 Å². The Hall–Kier alpha value is -4.41. The van der Waals surface area contributed by atoms with E-state index in [1.54, 1.807) is 28.6 Å². The van der Waals surface area contributed by atoms with Crippen molar-refractivity contribution in [2.24, 2.45) is 0 Å². The van der Waals surface area contributed by atoms with Crippen molar-refractivity contribution in [2.75, 3.05) is 31.1 Å². The summed E-state index contributed by atoms with van der Waals surface area (Å²) in [4.78, 5) is 36.4. The van der Waals surface area contributed by atoms with E-state index in [4.69, 9.17) is 0 Å². The van der Waals surface area contributed by atoms with E-state index < -0.39 is 4.92 Å². The third-order valence-electron chi connectivity index (χ3n) is 6.10. The van der Waals surface area contributed by atoms with Gasteiger partial charge in [0.25, 0.3) is 11.6 Å². The predicted molar refractivity (Wildman–Crippen MR) is 125 cm³/mol. The SMILES string of the molecule is Cc1ccc(-n2nnc3c(N4CCN(C(=O)c5cccc([N+](=O)[O-])c5C)CC4)ncnc32)cc1. The van der Waals surface area contributed by atoms with E-state index in [-0.39, 0.29) is 11.6 Å². The number of anilines is 1. The van der Waals surface area contributed by atoms with Crippen molar-refractivity contribution >= 4 is 28.6 Å². The minimum atomic E-state index is -0.464. The Labute approximate surface area is 194 Å². The molecule has 0 radical (unpaired) electrons. The van der Waals surface area contributed by atoms with Crippen LogP contribution in [0.3, 0.4) is 0 Å². The first kappa shape index (κ1) is 21.4. The molecule has 0 bridgehead atoms. The molecule has 4 aromatic rings. The van der Waals surface area contributed by atoms with Gasteiger partial charge in [-0.15, -0.1) is 5.10 Å². The number of carbonyl (C=O) groups is 1. The zero-order chi connectivity index (χ0) is 23.8. The summed E-state index contributed by atoms with van der Waals surface area (Å²) in [5, 5.41) is 19.9. The van der Waals surface area contributed by atoms with Crippen molar-refractivity contribution in [2.45, 2.75) is 13.8 Å². The van der Waals surface area contributed by atoms with Gasteiger partial charge in [0.2, 0.25) is 0 Å². The first-order chi connectivity index (χ1) is 16.4. The smallest absolute Gasteiger partial charge is 0.273 e. The second-order valence-electron chi connectivity index (χ2n) is 8.19. The summed E-state index contributed by atoms with van der Waals surface area (Å²) in [6.45, 7) is 5.63. The number of hydrogen-bond acceptors (Lipinski definition) is 8. The third kappa shape index (κ3) is 3.70. The van der Waals surface area contributed by atoms with Gasteiger partial charge < -0.3 is 9.80 Å². The molecular formula is C23H22N8O3. The van der Waals surface area contributed by atoms with Crippen molar-refractivity contribution in [3.05, 3.63) is 75.6 Å². The molecule has 0 unspecified atom stereocenters. The zero-order valence-electron chi connectivity index (χ0n) is 18.7. The van der Waals surface area contributed by atoms with Crippen LogP contribution in [0.25, 0.3) is 16.9 Å². The molecular weight excluding hydrogens is 436 g/mol. The predicted octanol–water partition coefficient (Wildman–Crippen LogP) is 2.70. The number of rotatable bonds is 4. The molecule has 11 heteroatoms. The second-order valence-corrected chi connectivity index (χ2v) is 8.19. The number of nitro benzene ring substituents is 1. The van der Waals surface area contributed by atoms with Crippen LogP contribution >= 0.6 is 0 Å². The molecule has 0 aliphatic carbocycles. The highest BCUT2D eigenvalue weighted by molar-refractivity contribution is 5.96. The molecule has 34 heavy (non-hydrogen) atoms. The largest absolute Gasteiger partial charge is 0.351 e. The molecule has 3 heterocycles. The normalized spacial score (nSPS) is 13.9. The Bertz CT molecular complexity index is 1390. The van der Waals surface area contributed by atoms with E-state index in [1.165, 1.54) is 12.4 Å². The highest BCUT2D eigenvalue weighted by Gasteiger charge is 2.27. The number of aromatic nitrogens is 5. The Kier molecular flexibility index (Phi) is 5.36. The van der Waals surface area contributed by atoms with Gasteiger partial charge in [-0.2, -0.15) is 4.68 Å². The van der Waals surface area contributed by atoms with Crippen molar-refractivity contribution in [3.63, 3.8) is 0 Å². The van der Waals surface area contributed by atoms with Crippen molar-refractivity contribution in [1.29, 1.82) is 0 Å². The molecule has 0 saturated carbocycles. The number of aryl methyl sites for hydroxylation is 1. The molecule has 0 atom stereocenters. The van der Waals surface area contributed by atoms with Gasteiger partial charge in [0.1, 0.15) is 6.33 Å². The van der Waals surface area contributed by atoms with E-state index >= 15 is 0 Å². The summed E-state index contributed by atoms with van der Waals surface area (Å²) in [5.41, 5.74) is 3.90. The minimum absolute atomic E-state index is 0.0514. The van der Waals surface area contributed by atoms with E-state index in [1.807, 2.05) is 31.2 Å². The zero-order valence-corrected chi connectivity index (χ0v) is 18.7. The number of nitro groups is 1. The Balaban J connectivity index is 1.36. The lowest BCUT2D eigenvalue weighted by atomic mass is 10.1. The van der Waals surface area contributed by atoms with Gasteiger partial charge in [0.05, 0.1) is 10.6 Å². The van der Waals surface area contributed by atoms with Gasteiger partial charge in [-0.1, -0.05) is 29.0 Å². The molecule has 1 aliphatic heterocycles. The first-order valence-electron chi connectivity index (χ1n) is 10.9. The fourth-order valence-corrected chi connectivity index (χ4v) is 4.17. The lowest BCUT2D eigenvalue weighted by Crippen LogP contribution is -2.49. The summed E-state index contributed by atoms with van der Waals surface area (Å²) in [6, 6.07) is 12.5. The van der Waals surface area contributed by atoms with E-state index in [9.17, 15) is 14.9 Å². The van der Waals surface area contributed by atoms with Crippen LogP contribution in [0, 0.1) is 24.0 Å². The number of piperazine rings is 1. The summed E-state index contributed by atoms with van der Waals surface area (Å²) < 4.78 is 1.69. The Morgan fingerprint density at radius 3 is 2.44 bits per heavy atom. The fourth-order valence-electron chi connectivity index (χ4n) is 4.17. The minimum Gasteiger partial charge on any atom is -0.351 e. The maximum Gasteiger partial charge on any atom is 0.273 e. The van der Waals surface area contributed by atoms with Crippen molar-refractivity contribution in [1.82, 2.24) is 29.9 Å². The molecule has 0 spiro atoms. The summed E-state index contributed by atoms with van der Waals surface area (Å²) in [7, 11) is 0. The highest BCUT2D eigenvalue weighted by Crippen LogP contribution is 2.26. The molecule has 172 valence electrons. The summed E-state index contributed by atoms with van der Waals surface area (Å²) >= 11 is 0. The molecule has 2 aromatic heterocycles. The maximum absolute atomic E-state index is 13.1. The molecule has 1 saturated heterocycles. The van der Waals surface area contributed by atoms with Gasteiger partial charge >= 0.3 is 0 Å². The topological polar surface area (TPSA) is 123 Å². The first-order valence-corrected chi connectivity index (χ1v) is 10.9. The Morgan fingerprint density at radius 2 is 1.74 bits per heavy atom. The number of fused-ring (bicyclic) bond motifs is 1. The highest BCUT2D eigenvalue weighted by atomic mass is 16.6. The standard InChI is InChI=1S/C23H22N8O3/c1-15-6-8-17(9-7-15)30-22-20(26-27-30)21(24-14-25-22)28-10-12-29(13-11-28)23(32)18-4-3-5-19(16(18)2)31(33)34/h3-9,14H,10-13H2,1-2H3. The molecule has 0 N–H and O–H groups in total. The van der Waals surface area contributed by atoms with Crippen LogP contribution in [0.5, 0.6) is 0 Å². The molecule has 11 nitrogen and oxygen atoms in total. The van der Waals surface area contributed by atoms with Crippen LogP contribution < -0.4 is 4.90 Å². The van der Waals surface area contributed by atoms with E-state index in [0.29, 0.717) is 54.3 Å². The van der Waals surface area contributed by atoms with Crippen LogP contribution in [0.15, 0.2) is 48.8 Å². The summed E-state index contributed by atoms with van der Waals surface area (Å²) in [6.07, 6.45) is 1.50. The number of hydrogen-bond donors (Lipinski definition) is 0. The lowest BCUT2D eigenvalue weighted by molar-refractivity contribution is -0.385. The van der Waals surface area contributed by atoms with Gasteiger partial charge in [-0.05, 0) is 32.0 Å². The average Bonchev–Trinajstić information content (AvgIpc) is 3.28. The van der Waals surface area contributed by atoms with E-state index in [0.717, 1.165) is 11.3 Å². The molecule has 2 aromatic carbocycles. The van der Waals surface area contributed by atoms with Gasteiger partial charge in [-0.25, -0.2) is 9.97 Å².